The Morgan fingerprint density at radius 2 is 1.86 bits per heavy atom. The third kappa shape index (κ3) is 9.72. The topological polar surface area (TPSA) is 26.3 Å². The zero-order valence-electron chi connectivity index (χ0n) is 9.79. The van der Waals surface area contributed by atoms with Gasteiger partial charge in [0.15, 0.2) is 0 Å². The fourth-order valence-electron chi connectivity index (χ4n) is 1.43. The normalized spacial score (nSPS) is 13.1. The Labute approximate surface area is 88.0 Å². The van der Waals surface area contributed by atoms with E-state index in [1.54, 1.807) is 0 Å². The molecule has 1 atom stereocenters. The molecule has 0 saturated heterocycles. The quantitative estimate of drug-likeness (QED) is 0.422. The number of hydrogen-bond donors (Lipinski definition) is 0. The van der Waals surface area contributed by atoms with E-state index in [0.29, 0.717) is 0 Å². The first-order valence-corrected chi connectivity index (χ1v) is 5.68. The minimum absolute atomic E-state index is 0.249. The summed E-state index contributed by atoms with van der Waals surface area (Å²) < 4.78 is 5.11. The first kappa shape index (κ1) is 13.6. The minimum Gasteiger partial charge on any atom is -0.374 e. The molecule has 1 unspecified atom stereocenters. The van der Waals surface area contributed by atoms with Gasteiger partial charge in [-0.2, -0.15) is 0 Å². The second-order valence-corrected chi connectivity index (χ2v) is 4.46. The summed E-state index contributed by atoms with van der Waals surface area (Å²) in [6.07, 6.45) is 5.80. The van der Waals surface area contributed by atoms with Crippen molar-refractivity contribution in [1.82, 2.24) is 0 Å². The van der Waals surface area contributed by atoms with Crippen LogP contribution in [-0.4, -0.2) is 19.5 Å². The molecule has 14 heavy (non-hydrogen) atoms. The molecular weight excluding hydrogens is 176 g/mol. The Morgan fingerprint density at radius 3 is 2.43 bits per heavy atom. The molecule has 0 fully saturated rings. The lowest BCUT2D eigenvalue weighted by molar-refractivity contribution is -0.111. The molecule has 0 N–H and O–H groups in total. The second kappa shape index (κ2) is 9.20. The maximum absolute atomic E-state index is 9.97. The van der Waals surface area contributed by atoms with E-state index < -0.39 is 0 Å². The summed E-state index contributed by atoms with van der Waals surface area (Å²) >= 11 is 0. The van der Waals surface area contributed by atoms with Crippen LogP contribution in [0.4, 0.5) is 0 Å². The first-order chi connectivity index (χ1) is 6.66. The van der Waals surface area contributed by atoms with Gasteiger partial charge in [0.2, 0.25) is 0 Å². The highest BCUT2D eigenvalue weighted by Gasteiger charge is 2.02. The van der Waals surface area contributed by atoms with Crippen LogP contribution in [0, 0.1) is 11.8 Å². The summed E-state index contributed by atoms with van der Waals surface area (Å²) in [6.45, 7) is 7.75. The van der Waals surface area contributed by atoms with Crippen molar-refractivity contribution in [2.24, 2.45) is 11.8 Å². The summed E-state index contributed by atoms with van der Waals surface area (Å²) in [5, 5.41) is 0. The van der Waals surface area contributed by atoms with E-state index in [1.165, 1.54) is 19.3 Å². The zero-order chi connectivity index (χ0) is 10.8. The molecule has 0 rings (SSSR count). The predicted octanol–water partition coefficient (Wildman–Crippen LogP) is 3.05. The van der Waals surface area contributed by atoms with Crippen molar-refractivity contribution in [2.75, 3.05) is 13.2 Å². The minimum atomic E-state index is 0.249. The van der Waals surface area contributed by atoms with Crippen LogP contribution < -0.4 is 0 Å². The maximum Gasteiger partial charge on any atom is 0.145 e. The summed E-state index contributed by atoms with van der Waals surface area (Å²) in [5.41, 5.74) is 0. The number of aldehydes is 1. The molecule has 0 aliphatic carbocycles. The summed E-state index contributed by atoms with van der Waals surface area (Å²) in [4.78, 5) is 9.97. The number of carbonyl (C=O) groups excluding carboxylic acids is 1. The fourth-order valence-corrected chi connectivity index (χ4v) is 1.43. The van der Waals surface area contributed by atoms with Crippen LogP contribution in [0.25, 0.3) is 0 Å². The standard InChI is InChI=1S/C12H24O2/c1-11(2)5-4-6-12(3)7-9-14-10-8-13/h8,11-12H,4-7,9-10H2,1-3H3. The first-order valence-electron chi connectivity index (χ1n) is 5.68. The molecule has 0 aromatic heterocycles. The number of hydrogen-bond acceptors (Lipinski definition) is 2. The predicted molar refractivity (Wildman–Crippen MR) is 59.4 cm³/mol. The Hall–Kier alpha value is -0.370. The van der Waals surface area contributed by atoms with Crippen molar-refractivity contribution in [3.05, 3.63) is 0 Å². The van der Waals surface area contributed by atoms with E-state index in [1.807, 2.05) is 0 Å². The van der Waals surface area contributed by atoms with Gasteiger partial charge in [-0.05, 0) is 18.3 Å². The monoisotopic (exact) mass is 200 g/mol. The van der Waals surface area contributed by atoms with Gasteiger partial charge in [0, 0.05) is 6.61 Å². The van der Waals surface area contributed by atoms with Crippen LogP contribution in [0.5, 0.6) is 0 Å². The van der Waals surface area contributed by atoms with Gasteiger partial charge in [-0.3, -0.25) is 0 Å². The van der Waals surface area contributed by atoms with Crippen LogP contribution in [0.15, 0.2) is 0 Å². The second-order valence-electron chi connectivity index (χ2n) is 4.46. The highest BCUT2D eigenvalue weighted by Crippen LogP contribution is 2.14. The number of ether oxygens (including phenoxy) is 1. The van der Waals surface area contributed by atoms with Gasteiger partial charge in [-0.1, -0.05) is 40.0 Å². The van der Waals surface area contributed by atoms with Gasteiger partial charge in [0.05, 0.1) is 0 Å². The van der Waals surface area contributed by atoms with Crippen molar-refractivity contribution in [3.63, 3.8) is 0 Å². The molecule has 0 spiro atoms. The maximum atomic E-state index is 9.97. The number of rotatable bonds is 9. The van der Waals surface area contributed by atoms with E-state index in [4.69, 9.17) is 4.74 Å². The average molecular weight is 200 g/mol. The van der Waals surface area contributed by atoms with E-state index in [9.17, 15) is 4.79 Å². The van der Waals surface area contributed by atoms with Crippen LogP contribution in [0.1, 0.15) is 46.5 Å². The Bertz CT molecular complexity index is 132. The molecule has 0 aliphatic heterocycles. The zero-order valence-corrected chi connectivity index (χ0v) is 9.79. The van der Waals surface area contributed by atoms with Gasteiger partial charge in [0.1, 0.15) is 12.9 Å². The summed E-state index contributed by atoms with van der Waals surface area (Å²) in [5.74, 6) is 1.54. The van der Waals surface area contributed by atoms with E-state index >= 15 is 0 Å². The SMILES string of the molecule is CC(C)CCCC(C)CCOCC=O. The van der Waals surface area contributed by atoms with Crippen LogP contribution >= 0.6 is 0 Å². The fraction of sp³-hybridized carbons (Fsp3) is 0.917. The van der Waals surface area contributed by atoms with Crippen LogP contribution in [0.3, 0.4) is 0 Å². The molecule has 0 saturated carbocycles. The Balaban J connectivity index is 3.19. The molecule has 0 bridgehead atoms. The van der Waals surface area contributed by atoms with Gasteiger partial charge in [-0.25, -0.2) is 0 Å². The van der Waals surface area contributed by atoms with E-state index in [0.717, 1.165) is 31.1 Å². The number of carbonyl (C=O) groups is 1. The van der Waals surface area contributed by atoms with E-state index in [2.05, 4.69) is 20.8 Å². The van der Waals surface area contributed by atoms with Gasteiger partial charge < -0.3 is 9.53 Å². The summed E-state index contributed by atoms with van der Waals surface area (Å²) in [6, 6.07) is 0. The third-order valence-electron chi connectivity index (χ3n) is 2.42. The van der Waals surface area contributed by atoms with Crippen molar-refractivity contribution >= 4 is 6.29 Å². The molecular formula is C12H24O2. The third-order valence-corrected chi connectivity index (χ3v) is 2.42. The van der Waals surface area contributed by atoms with Crippen molar-refractivity contribution in [3.8, 4) is 0 Å². The van der Waals surface area contributed by atoms with Gasteiger partial charge in [0.25, 0.3) is 0 Å². The lowest BCUT2D eigenvalue weighted by Gasteiger charge is -2.11. The highest BCUT2D eigenvalue weighted by atomic mass is 16.5. The van der Waals surface area contributed by atoms with Crippen molar-refractivity contribution in [2.45, 2.75) is 46.5 Å². The average Bonchev–Trinajstić information content (AvgIpc) is 2.12. The van der Waals surface area contributed by atoms with Gasteiger partial charge in [-0.15, -0.1) is 0 Å². The molecule has 84 valence electrons. The highest BCUT2D eigenvalue weighted by molar-refractivity contribution is 5.50. The van der Waals surface area contributed by atoms with Crippen molar-refractivity contribution in [1.29, 1.82) is 0 Å². The molecule has 0 heterocycles. The van der Waals surface area contributed by atoms with Crippen LogP contribution in [-0.2, 0) is 9.53 Å². The molecule has 0 radical (unpaired) electrons. The largest absolute Gasteiger partial charge is 0.374 e. The van der Waals surface area contributed by atoms with Crippen molar-refractivity contribution < 1.29 is 9.53 Å². The molecule has 2 nitrogen and oxygen atoms in total. The molecule has 0 aromatic carbocycles. The van der Waals surface area contributed by atoms with Crippen LogP contribution in [0.2, 0.25) is 0 Å². The molecule has 2 heteroatoms. The lowest BCUT2D eigenvalue weighted by atomic mass is 9.98. The lowest BCUT2D eigenvalue weighted by Crippen LogP contribution is -2.04. The molecule has 0 aliphatic rings. The Morgan fingerprint density at radius 1 is 1.14 bits per heavy atom. The smallest absolute Gasteiger partial charge is 0.145 e. The molecule has 0 amide bonds. The molecule has 0 aromatic rings. The van der Waals surface area contributed by atoms with Gasteiger partial charge >= 0.3 is 0 Å². The van der Waals surface area contributed by atoms with E-state index in [-0.39, 0.29) is 6.61 Å². The summed E-state index contributed by atoms with van der Waals surface area (Å²) in [7, 11) is 0. The Kier molecular flexibility index (Phi) is 8.95.